The Balaban J connectivity index is 1.84. The molecule has 1 saturated heterocycles. The summed E-state index contributed by atoms with van der Waals surface area (Å²) in [6.07, 6.45) is 2.27. The van der Waals surface area contributed by atoms with Gasteiger partial charge in [-0.1, -0.05) is 6.58 Å². The molecule has 0 aliphatic carbocycles. The molecule has 0 radical (unpaired) electrons. The van der Waals surface area contributed by atoms with Gasteiger partial charge in [-0.15, -0.1) is 5.10 Å². The average molecular weight is 229 g/mol. The number of hydrogen-bond acceptors (Lipinski definition) is 5. The lowest BCUT2D eigenvalue weighted by Crippen LogP contribution is -2.55. The highest BCUT2D eigenvalue weighted by molar-refractivity contribution is 6.12. The molecule has 3 heterocycles. The number of carbonyl (C=O) groups excluding carboxylic acids is 1. The van der Waals surface area contributed by atoms with Crippen LogP contribution in [0.2, 0.25) is 0 Å². The van der Waals surface area contributed by atoms with Crippen LogP contribution in [0.25, 0.3) is 0 Å². The van der Waals surface area contributed by atoms with E-state index in [1.54, 1.807) is 6.20 Å². The summed E-state index contributed by atoms with van der Waals surface area (Å²) in [5, 5.41) is 13.5. The Hall–Kier alpha value is -2.08. The first-order valence-electron chi connectivity index (χ1n) is 5.34. The minimum atomic E-state index is -0.394. The molecule has 86 valence electrons. The number of nitrogens with one attached hydrogen (secondary N) is 2. The summed E-state index contributed by atoms with van der Waals surface area (Å²) < 4.78 is 0. The molecule has 1 amide bonds. The number of rotatable bonds is 1. The Kier molecular flexibility index (Phi) is 2.22. The van der Waals surface area contributed by atoms with E-state index in [1.165, 1.54) is 0 Å². The van der Waals surface area contributed by atoms with E-state index in [4.69, 9.17) is 0 Å². The van der Waals surface area contributed by atoms with Crippen molar-refractivity contribution < 1.29 is 4.79 Å². The van der Waals surface area contributed by atoms with E-state index in [1.807, 2.05) is 6.07 Å². The molecule has 0 aromatic carbocycles. The van der Waals surface area contributed by atoms with Gasteiger partial charge in [0.25, 0.3) is 0 Å². The van der Waals surface area contributed by atoms with Gasteiger partial charge in [-0.3, -0.25) is 10.1 Å². The van der Waals surface area contributed by atoms with Crippen molar-refractivity contribution in [3.63, 3.8) is 0 Å². The van der Waals surface area contributed by atoms with Crippen LogP contribution in [0, 0.1) is 0 Å². The predicted molar refractivity (Wildman–Crippen MR) is 61.9 cm³/mol. The largest absolute Gasteiger partial charge is 0.327 e. The second kappa shape index (κ2) is 3.74. The second-order valence-electron chi connectivity index (χ2n) is 4.07. The molecule has 0 saturated carbocycles. The van der Waals surface area contributed by atoms with Gasteiger partial charge in [-0.25, -0.2) is 4.99 Å². The van der Waals surface area contributed by atoms with Crippen molar-refractivity contribution >= 4 is 17.4 Å². The molecular weight excluding hydrogens is 218 g/mol. The maximum Gasteiger partial charge on any atom is 0.247 e. The van der Waals surface area contributed by atoms with E-state index in [2.05, 4.69) is 32.4 Å². The van der Waals surface area contributed by atoms with Crippen LogP contribution in [0.3, 0.4) is 0 Å². The van der Waals surface area contributed by atoms with Crippen molar-refractivity contribution in [2.75, 3.05) is 6.54 Å². The first-order valence-corrected chi connectivity index (χ1v) is 5.34. The van der Waals surface area contributed by atoms with Gasteiger partial charge in [0.15, 0.2) is 5.82 Å². The third-order valence-corrected chi connectivity index (χ3v) is 2.82. The molecule has 6 nitrogen and oxygen atoms in total. The first-order chi connectivity index (χ1) is 8.24. The zero-order valence-corrected chi connectivity index (χ0v) is 9.10. The molecule has 3 rings (SSSR count). The van der Waals surface area contributed by atoms with Crippen molar-refractivity contribution in [3.05, 3.63) is 30.1 Å². The van der Waals surface area contributed by atoms with Crippen LogP contribution in [0.4, 0.5) is 5.82 Å². The zero-order chi connectivity index (χ0) is 11.8. The fourth-order valence-electron chi connectivity index (χ4n) is 2.00. The van der Waals surface area contributed by atoms with Crippen molar-refractivity contribution in [2.45, 2.75) is 12.5 Å². The molecule has 2 aliphatic rings. The SMILES string of the molecule is C=C1CNC(C2=Nc3nnccc3C2)C(=O)N1. The molecule has 0 spiro atoms. The summed E-state index contributed by atoms with van der Waals surface area (Å²) in [5.41, 5.74) is 2.47. The molecule has 6 heteroatoms. The van der Waals surface area contributed by atoms with Crippen molar-refractivity contribution in [1.29, 1.82) is 0 Å². The second-order valence-corrected chi connectivity index (χ2v) is 4.07. The Morgan fingerprint density at radius 1 is 1.47 bits per heavy atom. The Morgan fingerprint density at radius 3 is 3.12 bits per heavy atom. The first kappa shape index (κ1) is 10.1. The number of aliphatic imine (C=N–C) groups is 1. The van der Waals surface area contributed by atoms with E-state index in [9.17, 15) is 4.79 Å². The maximum absolute atomic E-state index is 11.8. The number of aromatic nitrogens is 2. The number of piperazine rings is 1. The van der Waals surface area contributed by atoms with E-state index >= 15 is 0 Å². The molecule has 2 N–H and O–H groups in total. The number of hydrogen-bond donors (Lipinski definition) is 2. The minimum absolute atomic E-state index is 0.110. The van der Waals surface area contributed by atoms with Crippen LogP contribution in [0.15, 0.2) is 29.5 Å². The van der Waals surface area contributed by atoms with E-state index in [0.29, 0.717) is 24.5 Å². The highest BCUT2D eigenvalue weighted by Gasteiger charge is 2.31. The zero-order valence-electron chi connectivity index (χ0n) is 9.10. The Bertz CT molecular complexity index is 536. The highest BCUT2D eigenvalue weighted by atomic mass is 16.2. The van der Waals surface area contributed by atoms with Crippen LogP contribution in [0.5, 0.6) is 0 Å². The normalized spacial score (nSPS) is 23.1. The third-order valence-electron chi connectivity index (χ3n) is 2.82. The molecule has 1 aromatic rings. The van der Waals surface area contributed by atoms with Crippen molar-refractivity contribution in [2.24, 2.45) is 4.99 Å². The maximum atomic E-state index is 11.8. The van der Waals surface area contributed by atoms with Gasteiger partial charge in [-0.2, -0.15) is 5.10 Å². The van der Waals surface area contributed by atoms with Crippen LogP contribution in [0.1, 0.15) is 5.56 Å². The predicted octanol–water partition coefficient (Wildman–Crippen LogP) is -0.293. The van der Waals surface area contributed by atoms with Crippen LogP contribution < -0.4 is 10.6 Å². The number of nitrogens with zero attached hydrogens (tertiary/aromatic N) is 3. The van der Waals surface area contributed by atoms with Crippen LogP contribution in [-0.4, -0.2) is 34.4 Å². The number of amides is 1. The van der Waals surface area contributed by atoms with E-state index < -0.39 is 6.04 Å². The van der Waals surface area contributed by atoms with Crippen LogP contribution >= 0.6 is 0 Å². The lowest BCUT2D eigenvalue weighted by Gasteiger charge is -2.24. The number of carbonyl (C=O) groups is 1. The smallest absolute Gasteiger partial charge is 0.247 e. The van der Waals surface area contributed by atoms with Gasteiger partial charge in [-0.05, 0) is 6.07 Å². The molecule has 2 aliphatic heterocycles. The van der Waals surface area contributed by atoms with Crippen LogP contribution in [-0.2, 0) is 11.2 Å². The minimum Gasteiger partial charge on any atom is -0.327 e. The summed E-state index contributed by atoms with van der Waals surface area (Å²) in [4.78, 5) is 16.1. The number of fused-ring (bicyclic) bond motifs is 1. The van der Waals surface area contributed by atoms with Crippen molar-refractivity contribution in [1.82, 2.24) is 20.8 Å². The van der Waals surface area contributed by atoms with E-state index in [0.717, 1.165) is 11.3 Å². The van der Waals surface area contributed by atoms with Gasteiger partial charge < -0.3 is 5.32 Å². The molecular formula is C11H11N5O. The summed E-state index contributed by atoms with van der Waals surface area (Å²) in [6, 6.07) is 1.48. The van der Waals surface area contributed by atoms with Gasteiger partial charge in [0, 0.05) is 24.2 Å². The average Bonchev–Trinajstić information content (AvgIpc) is 2.72. The fraction of sp³-hybridized carbons (Fsp3) is 0.273. The molecule has 0 bridgehead atoms. The monoisotopic (exact) mass is 229 g/mol. The van der Waals surface area contributed by atoms with Gasteiger partial charge >= 0.3 is 0 Å². The van der Waals surface area contributed by atoms with Gasteiger partial charge in [0.1, 0.15) is 6.04 Å². The summed E-state index contributed by atoms with van der Waals surface area (Å²) >= 11 is 0. The summed E-state index contributed by atoms with van der Waals surface area (Å²) in [7, 11) is 0. The van der Waals surface area contributed by atoms with Crippen molar-refractivity contribution in [3.8, 4) is 0 Å². The fourth-order valence-corrected chi connectivity index (χ4v) is 2.00. The van der Waals surface area contributed by atoms with E-state index in [-0.39, 0.29) is 5.91 Å². The molecule has 1 unspecified atom stereocenters. The summed E-state index contributed by atoms with van der Waals surface area (Å²) in [6.45, 7) is 4.28. The molecule has 1 fully saturated rings. The Morgan fingerprint density at radius 2 is 2.35 bits per heavy atom. The third kappa shape index (κ3) is 1.72. The highest BCUT2D eigenvalue weighted by Crippen LogP contribution is 2.24. The van der Waals surface area contributed by atoms with Gasteiger partial charge in [0.05, 0.1) is 11.9 Å². The lowest BCUT2D eigenvalue weighted by atomic mass is 10.0. The standard InChI is InChI=1S/C11H11N5O/c1-6-5-12-9(11(17)14-6)8-4-7-2-3-13-16-10(7)15-8/h2-3,9,12H,1,4-5H2,(H,14,17). The topological polar surface area (TPSA) is 79.3 Å². The Labute approximate surface area is 97.8 Å². The molecule has 17 heavy (non-hydrogen) atoms. The lowest BCUT2D eigenvalue weighted by molar-refractivity contribution is -0.121. The quantitative estimate of drug-likeness (QED) is 0.693. The van der Waals surface area contributed by atoms with Gasteiger partial charge in [0.2, 0.25) is 5.91 Å². The molecule has 1 aromatic heterocycles. The molecule has 1 atom stereocenters. The summed E-state index contributed by atoms with van der Waals surface area (Å²) in [5.74, 6) is 0.502.